The molecule has 1 saturated heterocycles. The second-order valence-corrected chi connectivity index (χ2v) is 4.72. The van der Waals surface area contributed by atoms with Crippen molar-refractivity contribution in [2.24, 2.45) is 0 Å². The molecule has 1 aliphatic rings. The minimum absolute atomic E-state index is 0.620. The summed E-state index contributed by atoms with van der Waals surface area (Å²) in [6.45, 7) is 4.31. The van der Waals surface area contributed by atoms with Gasteiger partial charge >= 0.3 is 0 Å². The fourth-order valence-electron chi connectivity index (χ4n) is 1.82. The predicted molar refractivity (Wildman–Crippen MR) is 61.1 cm³/mol. The van der Waals surface area contributed by atoms with Crippen LogP contribution in [0.15, 0.2) is 5.38 Å². The molecule has 0 aromatic carbocycles. The van der Waals surface area contributed by atoms with E-state index in [1.165, 1.54) is 19.4 Å². The van der Waals surface area contributed by atoms with E-state index in [0.29, 0.717) is 6.04 Å². The zero-order chi connectivity index (χ0) is 9.97. The van der Waals surface area contributed by atoms with E-state index >= 15 is 0 Å². The van der Waals surface area contributed by atoms with Gasteiger partial charge in [0.25, 0.3) is 0 Å². The van der Waals surface area contributed by atoms with Gasteiger partial charge in [-0.1, -0.05) is 0 Å². The number of nitrogens with zero attached hydrogens (tertiary/aromatic N) is 2. The van der Waals surface area contributed by atoms with E-state index in [0.717, 1.165) is 17.4 Å². The van der Waals surface area contributed by atoms with E-state index < -0.39 is 0 Å². The number of aryl methyl sites for hydroxylation is 1. The van der Waals surface area contributed by atoms with Crippen LogP contribution in [0.5, 0.6) is 0 Å². The van der Waals surface area contributed by atoms with Crippen LogP contribution in [0.1, 0.15) is 18.5 Å². The molecule has 2 heterocycles. The maximum Gasteiger partial charge on any atom is 0.185 e. The molecule has 1 fully saturated rings. The largest absolute Gasteiger partial charge is 0.347 e. The summed E-state index contributed by atoms with van der Waals surface area (Å²) < 4.78 is 0. The number of aromatic nitrogens is 1. The van der Waals surface area contributed by atoms with Gasteiger partial charge in [-0.05, 0) is 26.3 Å². The van der Waals surface area contributed by atoms with Crippen molar-refractivity contribution in [2.45, 2.75) is 25.8 Å². The van der Waals surface area contributed by atoms with Crippen LogP contribution in [-0.4, -0.2) is 31.2 Å². The molecule has 2 rings (SSSR count). The highest BCUT2D eigenvalue weighted by atomic mass is 32.1. The van der Waals surface area contributed by atoms with Gasteiger partial charge in [-0.25, -0.2) is 4.98 Å². The third-order valence-electron chi connectivity index (χ3n) is 2.73. The second kappa shape index (κ2) is 4.28. The average Bonchev–Trinajstić information content (AvgIpc) is 2.65. The fourth-order valence-corrected chi connectivity index (χ4v) is 2.66. The Hall–Kier alpha value is -0.610. The number of rotatable bonds is 2. The maximum absolute atomic E-state index is 4.50. The van der Waals surface area contributed by atoms with Crippen LogP contribution in [0, 0.1) is 6.92 Å². The van der Waals surface area contributed by atoms with Crippen molar-refractivity contribution in [3.05, 3.63) is 11.1 Å². The highest BCUT2D eigenvalue weighted by Crippen LogP contribution is 2.22. The summed E-state index contributed by atoms with van der Waals surface area (Å²) in [5.74, 6) is 0. The van der Waals surface area contributed by atoms with Crippen molar-refractivity contribution >= 4 is 16.5 Å². The zero-order valence-electron chi connectivity index (χ0n) is 8.79. The number of piperidine rings is 1. The lowest BCUT2D eigenvalue weighted by molar-refractivity contribution is 0.444. The Morgan fingerprint density at radius 2 is 2.50 bits per heavy atom. The van der Waals surface area contributed by atoms with Gasteiger partial charge in [-0.15, -0.1) is 11.3 Å². The van der Waals surface area contributed by atoms with E-state index in [2.05, 4.69) is 27.6 Å². The molecule has 1 aliphatic heterocycles. The molecule has 4 heteroatoms. The van der Waals surface area contributed by atoms with Crippen LogP contribution in [0.4, 0.5) is 5.13 Å². The Morgan fingerprint density at radius 3 is 3.07 bits per heavy atom. The summed E-state index contributed by atoms with van der Waals surface area (Å²) in [5, 5.41) is 6.69. The van der Waals surface area contributed by atoms with Crippen molar-refractivity contribution in [3.63, 3.8) is 0 Å². The summed E-state index contributed by atoms with van der Waals surface area (Å²) in [7, 11) is 2.15. The van der Waals surface area contributed by atoms with Gasteiger partial charge in [0.05, 0.1) is 5.69 Å². The molecule has 3 nitrogen and oxygen atoms in total. The maximum atomic E-state index is 4.50. The van der Waals surface area contributed by atoms with Gasteiger partial charge in [0.2, 0.25) is 0 Å². The first-order valence-corrected chi connectivity index (χ1v) is 6.01. The van der Waals surface area contributed by atoms with Crippen LogP contribution in [-0.2, 0) is 0 Å². The summed E-state index contributed by atoms with van der Waals surface area (Å²) in [4.78, 5) is 6.81. The second-order valence-electron chi connectivity index (χ2n) is 3.88. The van der Waals surface area contributed by atoms with Crippen LogP contribution in [0.25, 0.3) is 0 Å². The topological polar surface area (TPSA) is 28.2 Å². The molecule has 14 heavy (non-hydrogen) atoms. The molecule has 1 atom stereocenters. The van der Waals surface area contributed by atoms with Crippen molar-refractivity contribution in [3.8, 4) is 0 Å². The minimum atomic E-state index is 0.620. The first kappa shape index (κ1) is 9.93. The fraction of sp³-hybridized carbons (Fsp3) is 0.700. The Morgan fingerprint density at radius 1 is 1.64 bits per heavy atom. The quantitative estimate of drug-likeness (QED) is 0.806. The molecule has 1 N–H and O–H groups in total. The number of nitrogens with one attached hydrogen (secondary N) is 1. The Kier molecular flexibility index (Phi) is 3.03. The normalized spacial score (nSPS) is 22.3. The Bertz CT molecular complexity index is 291. The molecule has 0 spiro atoms. The average molecular weight is 211 g/mol. The molecule has 1 unspecified atom stereocenters. The van der Waals surface area contributed by atoms with Gasteiger partial charge in [0, 0.05) is 25.0 Å². The number of anilines is 1. The molecule has 78 valence electrons. The molecular weight excluding hydrogens is 194 g/mol. The van der Waals surface area contributed by atoms with E-state index in [1.807, 2.05) is 6.92 Å². The van der Waals surface area contributed by atoms with Gasteiger partial charge < -0.3 is 10.2 Å². The standard InChI is InChI=1S/C10H17N3S/c1-8-7-14-10(12-8)13(2)9-4-3-5-11-6-9/h7,9,11H,3-6H2,1-2H3. The third kappa shape index (κ3) is 2.07. The first-order chi connectivity index (χ1) is 6.77. The third-order valence-corrected chi connectivity index (χ3v) is 3.78. The van der Waals surface area contributed by atoms with Crippen LogP contribution in [0.2, 0.25) is 0 Å². The first-order valence-electron chi connectivity index (χ1n) is 5.13. The van der Waals surface area contributed by atoms with Crippen LogP contribution in [0.3, 0.4) is 0 Å². The molecule has 0 radical (unpaired) electrons. The predicted octanol–water partition coefficient (Wildman–Crippen LogP) is 1.64. The Labute approximate surface area is 89.1 Å². The zero-order valence-corrected chi connectivity index (χ0v) is 9.60. The number of hydrogen-bond acceptors (Lipinski definition) is 4. The lowest BCUT2D eigenvalue weighted by atomic mass is 10.1. The Balaban J connectivity index is 2.03. The van der Waals surface area contributed by atoms with Gasteiger partial charge in [0.15, 0.2) is 5.13 Å². The summed E-state index contributed by atoms with van der Waals surface area (Å²) in [5.41, 5.74) is 1.13. The number of likely N-dealkylation sites (N-methyl/N-ethyl adjacent to an activating group) is 1. The van der Waals surface area contributed by atoms with Crippen LogP contribution < -0.4 is 10.2 Å². The monoisotopic (exact) mass is 211 g/mol. The lowest BCUT2D eigenvalue weighted by Crippen LogP contribution is -2.44. The van der Waals surface area contributed by atoms with E-state index in [1.54, 1.807) is 11.3 Å². The van der Waals surface area contributed by atoms with Gasteiger partial charge in [0.1, 0.15) is 0 Å². The van der Waals surface area contributed by atoms with Crippen molar-refractivity contribution in [2.75, 3.05) is 25.0 Å². The molecule has 0 aliphatic carbocycles. The summed E-state index contributed by atoms with van der Waals surface area (Å²) >= 11 is 1.74. The van der Waals surface area contributed by atoms with Gasteiger partial charge in [-0.2, -0.15) is 0 Å². The van der Waals surface area contributed by atoms with E-state index in [-0.39, 0.29) is 0 Å². The van der Waals surface area contributed by atoms with Gasteiger partial charge in [-0.3, -0.25) is 0 Å². The summed E-state index contributed by atoms with van der Waals surface area (Å²) in [6.07, 6.45) is 2.56. The molecule has 0 bridgehead atoms. The lowest BCUT2D eigenvalue weighted by Gasteiger charge is -2.31. The van der Waals surface area contributed by atoms with Crippen molar-refractivity contribution < 1.29 is 0 Å². The highest BCUT2D eigenvalue weighted by molar-refractivity contribution is 7.13. The summed E-state index contributed by atoms with van der Waals surface area (Å²) in [6, 6.07) is 0.620. The van der Waals surface area contributed by atoms with E-state index in [4.69, 9.17) is 0 Å². The number of thiazole rings is 1. The highest BCUT2D eigenvalue weighted by Gasteiger charge is 2.19. The van der Waals surface area contributed by atoms with Crippen molar-refractivity contribution in [1.82, 2.24) is 10.3 Å². The molecule has 0 saturated carbocycles. The number of hydrogen-bond donors (Lipinski definition) is 1. The molecule has 1 aromatic heterocycles. The SMILES string of the molecule is Cc1csc(N(C)C2CCCNC2)n1. The van der Waals surface area contributed by atoms with Crippen LogP contribution >= 0.6 is 11.3 Å². The molecule has 1 aromatic rings. The van der Waals surface area contributed by atoms with Crippen molar-refractivity contribution in [1.29, 1.82) is 0 Å². The minimum Gasteiger partial charge on any atom is -0.347 e. The van der Waals surface area contributed by atoms with E-state index in [9.17, 15) is 0 Å². The molecular formula is C10H17N3S. The smallest absolute Gasteiger partial charge is 0.185 e. The molecule has 0 amide bonds.